The van der Waals surface area contributed by atoms with E-state index in [9.17, 15) is 4.39 Å². The molecule has 0 radical (unpaired) electrons. The first-order valence-electron chi connectivity index (χ1n) is 7.66. The summed E-state index contributed by atoms with van der Waals surface area (Å²) in [4.78, 5) is 0. The molecule has 0 aliphatic carbocycles. The van der Waals surface area contributed by atoms with Crippen LogP contribution >= 0.6 is 0 Å². The average Bonchev–Trinajstić information content (AvgIpc) is 2.87. The summed E-state index contributed by atoms with van der Waals surface area (Å²) in [7, 11) is 0. The van der Waals surface area contributed by atoms with Crippen molar-refractivity contribution in [1.82, 2.24) is 0 Å². The summed E-state index contributed by atoms with van der Waals surface area (Å²) < 4.78 is 18.7. The first kappa shape index (κ1) is 15.3. The van der Waals surface area contributed by atoms with Gasteiger partial charge in [-0.05, 0) is 49.4 Å². The van der Waals surface area contributed by atoms with E-state index in [-0.39, 0.29) is 5.82 Å². The van der Waals surface area contributed by atoms with Crippen LogP contribution in [0.25, 0.3) is 21.7 Å². The van der Waals surface area contributed by atoms with Gasteiger partial charge in [-0.15, -0.1) is 0 Å². The molecular formula is C21H19FO. The van der Waals surface area contributed by atoms with Crippen molar-refractivity contribution in [3.63, 3.8) is 0 Å². The lowest BCUT2D eigenvalue weighted by Crippen LogP contribution is -1.81. The third-order valence-corrected chi connectivity index (χ3v) is 4.17. The van der Waals surface area contributed by atoms with E-state index in [4.69, 9.17) is 4.42 Å². The minimum atomic E-state index is -0.142. The first-order valence-corrected chi connectivity index (χ1v) is 7.66. The second-order valence-corrected chi connectivity index (χ2v) is 5.69. The fourth-order valence-corrected chi connectivity index (χ4v) is 2.71. The van der Waals surface area contributed by atoms with Gasteiger partial charge in [-0.1, -0.05) is 48.5 Å². The maximum absolute atomic E-state index is 13.2. The molecule has 1 heterocycles. The van der Waals surface area contributed by atoms with Crippen molar-refractivity contribution in [2.75, 3.05) is 0 Å². The quantitative estimate of drug-likeness (QED) is 0.369. The summed E-state index contributed by atoms with van der Waals surface area (Å²) in [5.41, 5.74) is 3.36. The molecule has 0 fully saturated rings. The van der Waals surface area contributed by atoms with Crippen LogP contribution in [0.5, 0.6) is 0 Å². The van der Waals surface area contributed by atoms with E-state index in [1.54, 1.807) is 12.1 Å². The lowest BCUT2D eigenvalue weighted by molar-refractivity contribution is 0.575. The Morgan fingerprint density at radius 1 is 0.696 bits per heavy atom. The normalized spacial score (nSPS) is 10.6. The van der Waals surface area contributed by atoms with Crippen LogP contribution in [0.15, 0.2) is 65.1 Å². The van der Waals surface area contributed by atoms with Crippen LogP contribution in [0, 0.1) is 26.6 Å². The first-order chi connectivity index (χ1) is 11.1. The molecule has 0 unspecified atom stereocenters. The maximum Gasteiger partial charge on any atom is 0.134 e. The number of hydrogen-bond donors (Lipinski definition) is 0. The van der Waals surface area contributed by atoms with Crippen molar-refractivity contribution in [2.45, 2.75) is 20.8 Å². The van der Waals surface area contributed by atoms with Gasteiger partial charge in [0.2, 0.25) is 0 Å². The Morgan fingerprint density at radius 3 is 1.96 bits per heavy atom. The summed E-state index contributed by atoms with van der Waals surface area (Å²) in [5.74, 6) is 0.877. The van der Waals surface area contributed by atoms with Gasteiger partial charge < -0.3 is 4.42 Å². The highest BCUT2D eigenvalue weighted by atomic mass is 19.1. The smallest absolute Gasteiger partial charge is 0.134 e. The Bertz CT molecular complexity index is 926. The highest BCUT2D eigenvalue weighted by Gasteiger charge is 2.03. The maximum atomic E-state index is 13.2. The Hall–Kier alpha value is -2.61. The van der Waals surface area contributed by atoms with E-state index >= 15 is 0 Å². The molecule has 1 aromatic heterocycles. The largest absolute Gasteiger partial charge is 0.461 e. The summed E-state index contributed by atoms with van der Waals surface area (Å²) in [6.07, 6.45) is 0. The molecule has 1 nitrogen and oxygen atoms in total. The number of halogens is 1. The van der Waals surface area contributed by atoms with Crippen molar-refractivity contribution >= 4 is 21.7 Å². The number of fused-ring (bicyclic) bond motifs is 2. The summed E-state index contributed by atoms with van der Waals surface area (Å²) in [6.45, 7) is 6.07. The van der Waals surface area contributed by atoms with Crippen LogP contribution in [0.3, 0.4) is 0 Å². The molecule has 0 aliphatic rings. The minimum Gasteiger partial charge on any atom is -0.461 e. The van der Waals surface area contributed by atoms with Crippen LogP contribution in [0.1, 0.15) is 16.9 Å². The van der Waals surface area contributed by atoms with Crippen LogP contribution in [0.4, 0.5) is 4.39 Å². The molecule has 0 spiro atoms. The summed E-state index contributed by atoms with van der Waals surface area (Å²) >= 11 is 0. The van der Waals surface area contributed by atoms with Gasteiger partial charge in [-0.3, -0.25) is 0 Å². The predicted octanol–water partition coefficient (Wildman–Crippen LogP) is 6.34. The number of hydrogen-bond acceptors (Lipinski definition) is 1. The molecule has 3 aromatic carbocycles. The fourth-order valence-electron chi connectivity index (χ4n) is 2.71. The average molecular weight is 306 g/mol. The van der Waals surface area contributed by atoms with Gasteiger partial charge in [0.25, 0.3) is 0 Å². The van der Waals surface area contributed by atoms with E-state index in [1.807, 2.05) is 50.2 Å². The zero-order valence-corrected chi connectivity index (χ0v) is 13.6. The van der Waals surface area contributed by atoms with Gasteiger partial charge in [-0.2, -0.15) is 0 Å². The minimum absolute atomic E-state index is 0.142. The van der Waals surface area contributed by atoms with Crippen LogP contribution in [-0.2, 0) is 0 Å². The highest BCUT2D eigenvalue weighted by molar-refractivity contribution is 5.86. The standard InChI is InChI=1S/C11H9F.C10H10O/c1-8-6-7-11(12)10-5-3-2-4-9(8)10;1-7-8(2)11-10-6-4-3-5-9(7)10/h2-7H,1H3;3-6H,1-2H3. The SMILES string of the molecule is Cc1ccc(F)c2ccccc12.Cc1oc2ccccc2c1C. The van der Waals surface area contributed by atoms with Gasteiger partial charge >= 0.3 is 0 Å². The Labute approximate surface area is 135 Å². The summed E-state index contributed by atoms with van der Waals surface area (Å²) in [5, 5.41) is 2.93. The zero-order chi connectivity index (χ0) is 16.4. The van der Waals surface area contributed by atoms with Crippen molar-refractivity contribution in [2.24, 2.45) is 0 Å². The second-order valence-electron chi connectivity index (χ2n) is 5.69. The van der Waals surface area contributed by atoms with Crippen LogP contribution < -0.4 is 0 Å². The number of benzene rings is 3. The molecule has 116 valence electrons. The number of para-hydroxylation sites is 1. The van der Waals surface area contributed by atoms with Gasteiger partial charge in [0.05, 0.1) is 0 Å². The Kier molecular flexibility index (Phi) is 4.16. The molecule has 0 atom stereocenters. The van der Waals surface area contributed by atoms with Gasteiger partial charge in [-0.25, -0.2) is 4.39 Å². The van der Waals surface area contributed by atoms with Crippen molar-refractivity contribution < 1.29 is 8.81 Å². The summed E-state index contributed by atoms with van der Waals surface area (Å²) in [6, 6.07) is 18.9. The van der Waals surface area contributed by atoms with Crippen LogP contribution in [0.2, 0.25) is 0 Å². The predicted molar refractivity (Wildman–Crippen MR) is 94.3 cm³/mol. The molecule has 0 aliphatic heterocycles. The zero-order valence-electron chi connectivity index (χ0n) is 13.6. The molecular weight excluding hydrogens is 287 g/mol. The van der Waals surface area contributed by atoms with Gasteiger partial charge in [0.15, 0.2) is 0 Å². The van der Waals surface area contributed by atoms with E-state index in [0.29, 0.717) is 5.39 Å². The monoisotopic (exact) mass is 306 g/mol. The number of rotatable bonds is 0. The molecule has 0 amide bonds. The fraction of sp³-hybridized carbons (Fsp3) is 0.143. The molecule has 0 saturated heterocycles. The molecule has 2 heteroatoms. The van der Waals surface area contributed by atoms with E-state index in [1.165, 1.54) is 17.0 Å². The molecule has 0 N–H and O–H groups in total. The third-order valence-electron chi connectivity index (χ3n) is 4.17. The lowest BCUT2D eigenvalue weighted by Gasteiger charge is -2.01. The number of aryl methyl sites for hydroxylation is 3. The van der Waals surface area contributed by atoms with Crippen molar-refractivity contribution in [1.29, 1.82) is 0 Å². The third kappa shape index (κ3) is 2.98. The molecule has 23 heavy (non-hydrogen) atoms. The van der Waals surface area contributed by atoms with Crippen molar-refractivity contribution in [3.05, 3.63) is 83.4 Å². The van der Waals surface area contributed by atoms with E-state index < -0.39 is 0 Å². The van der Waals surface area contributed by atoms with Crippen LogP contribution in [-0.4, -0.2) is 0 Å². The van der Waals surface area contributed by atoms with Gasteiger partial charge in [0, 0.05) is 10.8 Å². The van der Waals surface area contributed by atoms with E-state index in [2.05, 4.69) is 13.0 Å². The van der Waals surface area contributed by atoms with E-state index in [0.717, 1.165) is 22.3 Å². The molecule has 0 bridgehead atoms. The lowest BCUT2D eigenvalue weighted by atomic mass is 10.1. The topological polar surface area (TPSA) is 13.1 Å². The molecule has 4 aromatic rings. The van der Waals surface area contributed by atoms with Gasteiger partial charge in [0.1, 0.15) is 17.2 Å². The highest BCUT2D eigenvalue weighted by Crippen LogP contribution is 2.23. The number of furan rings is 1. The molecule has 4 rings (SSSR count). The Balaban J connectivity index is 0.000000136. The second kappa shape index (κ2) is 6.25. The molecule has 0 saturated carbocycles. The Morgan fingerprint density at radius 2 is 1.30 bits per heavy atom. The van der Waals surface area contributed by atoms with Crippen molar-refractivity contribution in [3.8, 4) is 0 Å².